The van der Waals surface area contributed by atoms with Crippen molar-refractivity contribution in [2.45, 2.75) is 104 Å². The lowest BCUT2D eigenvalue weighted by molar-refractivity contribution is -0.207. The third-order valence-electron chi connectivity index (χ3n) is 12.2. The van der Waals surface area contributed by atoms with Gasteiger partial charge in [-0.3, -0.25) is 0 Å². The van der Waals surface area contributed by atoms with E-state index in [1.165, 1.54) is 5.56 Å². The highest BCUT2D eigenvalue weighted by molar-refractivity contribution is 5.80. The van der Waals surface area contributed by atoms with Gasteiger partial charge in [-0.15, -0.1) is 0 Å². The minimum Gasteiger partial charge on any atom is -0.393 e. The van der Waals surface area contributed by atoms with Crippen molar-refractivity contribution in [3.63, 3.8) is 0 Å². The molecule has 0 radical (unpaired) electrons. The molecule has 4 saturated carbocycles. The maximum atomic E-state index is 11.8. The van der Waals surface area contributed by atoms with Crippen LogP contribution in [0.25, 0.3) is 10.9 Å². The van der Waals surface area contributed by atoms with Crippen LogP contribution in [-0.4, -0.2) is 43.6 Å². The summed E-state index contributed by atoms with van der Waals surface area (Å²) >= 11 is 0. The smallest absolute Gasteiger partial charge is 0.128 e. The normalized spacial score (nSPS) is 44.2. The SMILES string of the molecule is Cc1cccc2cnc(CC[C@@H](C)[C@H]3CC[C@H]4[C@H]5C(C[C@H](O)[C@]34C)[C@@]3(C)CC[C@@H](O)C[C@H]3C[C@H]5O)nc12. The van der Waals surface area contributed by atoms with Gasteiger partial charge in [0.15, 0.2) is 0 Å². The summed E-state index contributed by atoms with van der Waals surface area (Å²) in [5.74, 6) is 3.18. The first-order chi connectivity index (χ1) is 17.6. The molecule has 0 amide bonds. The second kappa shape index (κ2) is 9.27. The van der Waals surface area contributed by atoms with Crippen molar-refractivity contribution in [3.8, 4) is 0 Å². The highest BCUT2D eigenvalue weighted by Gasteiger charge is 2.65. The minimum atomic E-state index is -0.331. The van der Waals surface area contributed by atoms with E-state index in [2.05, 4.69) is 50.9 Å². The van der Waals surface area contributed by atoms with E-state index in [0.717, 1.165) is 74.5 Å². The summed E-state index contributed by atoms with van der Waals surface area (Å²) in [6, 6.07) is 6.24. The standard InChI is InChI=1S/C32H46N2O3/c1-18(8-11-28-33-17-20-7-5-6-19(2)30(20)34-28)23-9-10-24-29-25(16-27(37)32(23,24)4)31(3)13-12-22(35)14-21(31)15-26(29)36/h5-7,17-18,21-27,29,35-37H,8-16H2,1-4H3/t18-,21+,22-,23-,24+,25?,26-,27+,29+,31+,32-/m1/s1. The molecule has 4 aliphatic rings. The van der Waals surface area contributed by atoms with E-state index in [9.17, 15) is 15.3 Å². The maximum absolute atomic E-state index is 11.8. The largest absolute Gasteiger partial charge is 0.393 e. The average Bonchev–Trinajstić information content (AvgIpc) is 3.23. The first-order valence-electron chi connectivity index (χ1n) is 14.9. The highest BCUT2D eigenvalue weighted by atomic mass is 16.3. The van der Waals surface area contributed by atoms with Crippen LogP contribution in [0.4, 0.5) is 0 Å². The fraction of sp³-hybridized carbons (Fsp3) is 0.750. The van der Waals surface area contributed by atoms with Gasteiger partial charge in [-0.2, -0.15) is 0 Å². The molecule has 37 heavy (non-hydrogen) atoms. The molecule has 1 aromatic carbocycles. The third-order valence-corrected chi connectivity index (χ3v) is 12.2. The van der Waals surface area contributed by atoms with Crippen molar-refractivity contribution < 1.29 is 15.3 Å². The van der Waals surface area contributed by atoms with Crippen molar-refractivity contribution >= 4 is 10.9 Å². The number of aliphatic hydroxyl groups is 3. The van der Waals surface area contributed by atoms with Crippen molar-refractivity contribution in [3.05, 3.63) is 35.8 Å². The predicted molar refractivity (Wildman–Crippen MR) is 146 cm³/mol. The van der Waals surface area contributed by atoms with Crippen LogP contribution in [0.1, 0.15) is 83.5 Å². The number of hydrogen-bond acceptors (Lipinski definition) is 5. The lowest BCUT2D eigenvalue weighted by atomic mass is 9.43. The molecule has 5 nitrogen and oxygen atoms in total. The zero-order chi connectivity index (χ0) is 26.1. The van der Waals surface area contributed by atoms with E-state index in [-0.39, 0.29) is 35.1 Å². The lowest BCUT2D eigenvalue weighted by Gasteiger charge is -2.63. The number of aromatic nitrogens is 2. The number of fused-ring (bicyclic) bond motifs is 6. The van der Waals surface area contributed by atoms with Crippen LogP contribution in [0.2, 0.25) is 0 Å². The predicted octanol–water partition coefficient (Wildman–Crippen LogP) is 5.47. The van der Waals surface area contributed by atoms with E-state index in [0.29, 0.717) is 29.6 Å². The average molecular weight is 507 g/mol. The second-order valence-corrected chi connectivity index (χ2v) is 13.8. The molecule has 0 saturated heterocycles. The molecule has 1 heterocycles. The van der Waals surface area contributed by atoms with Gasteiger partial charge in [0.05, 0.1) is 23.8 Å². The Labute approximate surface area is 222 Å². The summed E-state index contributed by atoms with van der Waals surface area (Å²) in [5, 5.41) is 34.8. The fourth-order valence-corrected chi connectivity index (χ4v) is 10.1. The third kappa shape index (κ3) is 3.98. The van der Waals surface area contributed by atoms with Crippen LogP contribution in [0, 0.1) is 53.3 Å². The van der Waals surface area contributed by atoms with Crippen LogP contribution in [-0.2, 0) is 6.42 Å². The van der Waals surface area contributed by atoms with Gasteiger partial charge in [0, 0.05) is 18.0 Å². The maximum Gasteiger partial charge on any atom is 0.128 e. The van der Waals surface area contributed by atoms with Crippen molar-refractivity contribution in [2.75, 3.05) is 0 Å². The number of rotatable bonds is 4. The van der Waals surface area contributed by atoms with Crippen LogP contribution >= 0.6 is 0 Å². The Balaban J connectivity index is 1.20. The topological polar surface area (TPSA) is 86.5 Å². The fourth-order valence-electron chi connectivity index (χ4n) is 10.1. The van der Waals surface area contributed by atoms with E-state index in [4.69, 9.17) is 4.98 Å². The summed E-state index contributed by atoms with van der Waals surface area (Å²) < 4.78 is 0. The summed E-state index contributed by atoms with van der Waals surface area (Å²) in [7, 11) is 0. The zero-order valence-electron chi connectivity index (χ0n) is 23.1. The van der Waals surface area contributed by atoms with Crippen LogP contribution < -0.4 is 0 Å². The van der Waals surface area contributed by atoms with E-state index in [1.54, 1.807) is 0 Å². The van der Waals surface area contributed by atoms with Gasteiger partial charge in [-0.05, 0) is 110 Å². The molecule has 3 N–H and O–H groups in total. The molecule has 11 atom stereocenters. The first-order valence-corrected chi connectivity index (χ1v) is 14.9. The molecular formula is C32H46N2O3. The Morgan fingerprint density at radius 3 is 2.65 bits per heavy atom. The lowest BCUT2D eigenvalue weighted by Crippen LogP contribution is -2.62. The van der Waals surface area contributed by atoms with Crippen molar-refractivity contribution in [2.24, 2.45) is 46.3 Å². The summed E-state index contributed by atoms with van der Waals surface area (Å²) in [6.45, 7) is 9.22. The number of hydrogen-bond donors (Lipinski definition) is 3. The van der Waals surface area contributed by atoms with Gasteiger partial charge in [0.2, 0.25) is 0 Å². The van der Waals surface area contributed by atoms with Crippen molar-refractivity contribution in [1.82, 2.24) is 9.97 Å². The Morgan fingerprint density at radius 1 is 1.03 bits per heavy atom. The number of aliphatic hydroxyl groups excluding tert-OH is 3. The Kier molecular flexibility index (Phi) is 6.44. The zero-order valence-corrected chi connectivity index (χ0v) is 23.1. The molecular weight excluding hydrogens is 460 g/mol. The first kappa shape index (κ1) is 25.7. The van der Waals surface area contributed by atoms with Gasteiger partial charge < -0.3 is 15.3 Å². The van der Waals surface area contributed by atoms with Gasteiger partial charge in [-0.25, -0.2) is 9.97 Å². The van der Waals surface area contributed by atoms with Gasteiger partial charge in [0.1, 0.15) is 5.82 Å². The van der Waals surface area contributed by atoms with Gasteiger partial charge in [0.25, 0.3) is 0 Å². The summed E-state index contributed by atoms with van der Waals surface area (Å²) in [4.78, 5) is 9.56. The minimum absolute atomic E-state index is 0.126. The van der Waals surface area contributed by atoms with E-state index in [1.807, 2.05) is 6.20 Å². The molecule has 1 unspecified atom stereocenters. The highest BCUT2D eigenvalue weighted by Crippen LogP contribution is 2.68. The molecule has 2 aromatic rings. The van der Waals surface area contributed by atoms with Gasteiger partial charge in [-0.1, -0.05) is 39.0 Å². The molecule has 1 aromatic heterocycles. The number of aryl methyl sites for hydroxylation is 2. The molecule has 0 bridgehead atoms. The van der Waals surface area contributed by atoms with Crippen LogP contribution in [0.3, 0.4) is 0 Å². The number of nitrogens with zero attached hydrogens (tertiary/aromatic N) is 2. The number of benzene rings is 1. The molecule has 6 rings (SSSR count). The monoisotopic (exact) mass is 506 g/mol. The van der Waals surface area contributed by atoms with Crippen molar-refractivity contribution in [1.29, 1.82) is 0 Å². The molecule has 202 valence electrons. The molecule has 0 aliphatic heterocycles. The second-order valence-electron chi connectivity index (χ2n) is 13.8. The molecule has 5 heteroatoms. The Hall–Kier alpha value is -1.56. The van der Waals surface area contributed by atoms with Gasteiger partial charge >= 0.3 is 0 Å². The Morgan fingerprint density at radius 2 is 1.84 bits per heavy atom. The molecule has 4 fully saturated rings. The van der Waals surface area contributed by atoms with Crippen LogP contribution in [0.5, 0.6) is 0 Å². The molecule has 0 spiro atoms. The quantitative estimate of drug-likeness (QED) is 0.512. The Bertz CT molecular complexity index is 1150. The summed E-state index contributed by atoms with van der Waals surface area (Å²) in [6.07, 6.45) is 9.51. The summed E-state index contributed by atoms with van der Waals surface area (Å²) in [5.41, 5.74) is 2.21. The van der Waals surface area contributed by atoms with Crippen LogP contribution in [0.15, 0.2) is 24.4 Å². The van der Waals surface area contributed by atoms with E-state index >= 15 is 0 Å². The number of para-hydroxylation sites is 1. The van der Waals surface area contributed by atoms with E-state index < -0.39 is 0 Å². The molecule has 4 aliphatic carbocycles.